The lowest BCUT2D eigenvalue weighted by Gasteiger charge is -2.32. The minimum atomic E-state index is -3.17. The number of rotatable bonds is 12. The standard InChI is InChI=1S/C45H28F2N4.C30H18ClF2N.C21H22BN3O2/c46-45(47)38-23-21-33(41-28-35(29-13-5-1-6-14-29)27-40(48-41)30-15-7-2-8-16-30)25-36(38)37-26-34(22-24-39(37)45)44-50-42(31-17-9-3-10-18-31)49-43(51-44)32-19-11-4-12-20-32;31-23-12-14-27-25(18-23)24-15-21(11-13-26(24)30(27,32)33)29-17-22(19-7-3-1-4-8-19)16-28(34-29)20-9-5-2-6-10-20;1-20(2)21(3,4)27-22(26-20)19-24-17(15-11-7-5-8-12-15)23-18(25-19)16-13-9-6-10-14-16/h1-28H;1-18H;5-14H,1-4H3. The second kappa shape index (κ2) is 29.7. The molecule has 5 heterocycles. The molecule has 0 saturated carbocycles. The van der Waals surface area contributed by atoms with Gasteiger partial charge in [-0.15, -0.1) is 0 Å². The highest BCUT2D eigenvalue weighted by Crippen LogP contribution is 2.55. The average molecular weight is 1490 g/mol. The van der Waals surface area contributed by atoms with E-state index in [-0.39, 0.29) is 22.3 Å². The predicted octanol–water partition coefficient (Wildman–Crippen LogP) is 23.8. The fraction of sp³-hybridized carbons (Fsp3) is 0.0833. The van der Waals surface area contributed by atoms with Gasteiger partial charge in [-0.05, 0) is 127 Å². The van der Waals surface area contributed by atoms with Gasteiger partial charge in [-0.25, -0.2) is 39.9 Å². The van der Waals surface area contributed by atoms with Crippen LogP contribution < -0.4 is 5.72 Å². The topological polar surface area (TPSA) is 122 Å². The Kier molecular flexibility index (Phi) is 19.1. The Morgan fingerprint density at radius 1 is 0.241 bits per heavy atom. The molecular weight excluding hydrogens is 1420 g/mol. The van der Waals surface area contributed by atoms with E-state index in [2.05, 4.69) is 51.4 Å². The first kappa shape index (κ1) is 71.9. The van der Waals surface area contributed by atoms with Crippen LogP contribution in [-0.4, -0.2) is 58.2 Å². The van der Waals surface area contributed by atoms with Crippen LogP contribution in [0, 0.1) is 0 Å². The minimum Gasteiger partial charge on any atom is -0.397 e. The highest BCUT2D eigenvalue weighted by molar-refractivity contribution is 6.60. The van der Waals surface area contributed by atoms with E-state index in [0.29, 0.717) is 73.4 Å². The summed E-state index contributed by atoms with van der Waals surface area (Å²) >= 11 is 6.16. The largest absolute Gasteiger partial charge is 0.534 e. The van der Waals surface area contributed by atoms with Crippen molar-refractivity contribution >= 4 is 24.4 Å². The van der Waals surface area contributed by atoms with E-state index in [1.807, 2.05) is 264 Å². The molecular formula is C96H68BClF4N8O2. The van der Waals surface area contributed by atoms with Crippen LogP contribution in [0.2, 0.25) is 5.02 Å². The van der Waals surface area contributed by atoms with Gasteiger partial charge in [0, 0.05) is 77.3 Å². The average Bonchev–Trinajstić information content (AvgIpc) is 1.57. The van der Waals surface area contributed by atoms with E-state index >= 15 is 17.6 Å². The Bertz CT molecular complexity index is 5740. The molecule has 0 N–H and O–H groups in total. The summed E-state index contributed by atoms with van der Waals surface area (Å²) in [7, 11) is -0.636. The fourth-order valence-corrected chi connectivity index (χ4v) is 14.3. The molecule has 0 unspecified atom stereocenters. The van der Waals surface area contributed by atoms with Gasteiger partial charge in [0.25, 0.3) is 11.8 Å². The van der Waals surface area contributed by atoms with Crippen molar-refractivity contribution < 1.29 is 26.9 Å². The molecule has 19 rings (SSSR count). The van der Waals surface area contributed by atoms with Gasteiger partial charge in [0.15, 0.2) is 34.8 Å². The molecule has 1 fully saturated rings. The summed E-state index contributed by atoms with van der Waals surface area (Å²) < 4.78 is 74.7. The third-order valence-electron chi connectivity index (χ3n) is 20.7. The monoisotopic (exact) mass is 1490 g/mol. The van der Waals surface area contributed by atoms with E-state index in [9.17, 15) is 0 Å². The molecule has 112 heavy (non-hydrogen) atoms. The third kappa shape index (κ3) is 14.3. The molecule has 542 valence electrons. The molecule has 2 aliphatic carbocycles. The maximum atomic E-state index is 16.1. The van der Waals surface area contributed by atoms with E-state index in [0.717, 1.165) is 83.8 Å². The van der Waals surface area contributed by atoms with Crippen molar-refractivity contribution in [3.8, 4) is 146 Å². The lowest BCUT2D eigenvalue weighted by atomic mass is 9.89. The van der Waals surface area contributed by atoms with Crippen LogP contribution in [0.3, 0.4) is 0 Å². The van der Waals surface area contributed by atoms with E-state index in [4.69, 9.17) is 45.8 Å². The quantitative estimate of drug-likeness (QED) is 0.0863. The van der Waals surface area contributed by atoms with Crippen LogP contribution in [0.25, 0.3) is 146 Å². The van der Waals surface area contributed by atoms with Crippen molar-refractivity contribution in [2.45, 2.75) is 50.7 Å². The zero-order valence-electron chi connectivity index (χ0n) is 61.2. The van der Waals surface area contributed by atoms with Gasteiger partial charge in [0.2, 0.25) is 0 Å². The van der Waals surface area contributed by atoms with Gasteiger partial charge in [0.1, 0.15) is 0 Å². The van der Waals surface area contributed by atoms with E-state index in [1.165, 1.54) is 30.3 Å². The van der Waals surface area contributed by atoms with Gasteiger partial charge in [-0.1, -0.05) is 297 Å². The number of fused-ring (bicyclic) bond motifs is 6. The molecule has 0 amide bonds. The normalized spacial score (nSPS) is 14.1. The zero-order chi connectivity index (χ0) is 76.7. The number of aromatic nitrogens is 8. The molecule has 10 nitrogen and oxygen atoms in total. The number of hydrogen-bond donors (Lipinski definition) is 0. The van der Waals surface area contributed by atoms with Gasteiger partial charge in [0.05, 0.1) is 34.0 Å². The van der Waals surface area contributed by atoms with Gasteiger partial charge < -0.3 is 9.31 Å². The molecule has 1 saturated heterocycles. The highest BCUT2D eigenvalue weighted by Gasteiger charge is 2.53. The number of hydrogen-bond acceptors (Lipinski definition) is 10. The minimum absolute atomic E-state index is 0.00369. The smallest absolute Gasteiger partial charge is 0.397 e. The summed E-state index contributed by atoms with van der Waals surface area (Å²) in [5.74, 6) is -3.59. The summed E-state index contributed by atoms with van der Waals surface area (Å²) in [5.41, 5.74) is 16.1. The van der Waals surface area contributed by atoms with Crippen molar-refractivity contribution in [2.24, 2.45) is 0 Å². The van der Waals surface area contributed by atoms with Crippen LogP contribution in [0.5, 0.6) is 0 Å². The number of nitrogens with zero attached hydrogens (tertiary/aromatic N) is 8. The summed E-state index contributed by atoms with van der Waals surface area (Å²) in [6.07, 6.45) is 0. The molecule has 12 aromatic carbocycles. The molecule has 0 radical (unpaired) electrons. The first-order chi connectivity index (χ1) is 54.4. The van der Waals surface area contributed by atoms with Crippen LogP contribution >= 0.6 is 11.6 Å². The van der Waals surface area contributed by atoms with Crippen molar-refractivity contribution in [1.82, 2.24) is 39.9 Å². The maximum absolute atomic E-state index is 16.1. The number of benzene rings is 12. The van der Waals surface area contributed by atoms with Gasteiger partial charge in [-0.2, -0.15) is 17.6 Å². The summed E-state index contributed by atoms with van der Waals surface area (Å²) in [4.78, 5) is 38.5. The Balaban J connectivity index is 0.000000129. The number of pyridine rings is 2. The molecule has 3 aliphatic rings. The van der Waals surface area contributed by atoms with Crippen LogP contribution in [-0.2, 0) is 21.2 Å². The number of halogens is 5. The summed E-state index contributed by atoms with van der Waals surface area (Å²) in [5, 5.41) is 0.434. The Morgan fingerprint density at radius 3 is 0.821 bits per heavy atom. The highest BCUT2D eigenvalue weighted by atomic mass is 35.5. The van der Waals surface area contributed by atoms with Crippen molar-refractivity contribution in [3.63, 3.8) is 0 Å². The second-order valence-electron chi connectivity index (χ2n) is 28.5. The van der Waals surface area contributed by atoms with Crippen LogP contribution in [0.15, 0.2) is 340 Å². The predicted molar refractivity (Wildman–Crippen MR) is 439 cm³/mol. The van der Waals surface area contributed by atoms with Gasteiger partial charge >= 0.3 is 7.12 Å². The Hall–Kier alpha value is -13.0. The molecule has 16 heteroatoms. The molecule has 0 bridgehead atoms. The van der Waals surface area contributed by atoms with E-state index < -0.39 is 30.2 Å². The first-order valence-electron chi connectivity index (χ1n) is 36.7. The maximum Gasteiger partial charge on any atom is 0.534 e. The number of alkyl halides is 4. The zero-order valence-corrected chi connectivity index (χ0v) is 61.9. The van der Waals surface area contributed by atoms with Gasteiger partial charge in [-0.3, -0.25) is 0 Å². The third-order valence-corrected chi connectivity index (χ3v) is 20.9. The molecule has 1 aliphatic heterocycles. The van der Waals surface area contributed by atoms with Crippen LogP contribution in [0.1, 0.15) is 49.9 Å². The fourth-order valence-electron chi connectivity index (χ4n) is 14.2. The van der Waals surface area contributed by atoms with Crippen molar-refractivity contribution in [2.75, 3.05) is 0 Å². The SMILES string of the molecule is CC1(C)OB(c2nc(-c3ccccc3)nc(-c3ccccc3)n2)OC1(C)C.FC1(F)c2ccc(-c3cc(-c4ccccc4)cc(-c4ccccc4)n3)cc2-c2cc(-c3nc(-c4ccccc4)nc(-c4ccccc4)n3)ccc21.FC1(F)c2ccc(Cl)cc2-c2cc(-c3cc(-c4ccccc4)cc(-c4ccccc4)n3)ccc21. The summed E-state index contributed by atoms with van der Waals surface area (Å²) in [6, 6.07) is 107. The van der Waals surface area contributed by atoms with Crippen molar-refractivity contribution in [3.05, 3.63) is 367 Å². The van der Waals surface area contributed by atoms with E-state index in [1.54, 1.807) is 36.4 Å². The van der Waals surface area contributed by atoms with Crippen LogP contribution in [0.4, 0.5) is 17.6 Å². The molecule has 16 aromatic rings. The molecule has 0 atom stereocenters. The Labute approximate surface area is 651 Å². The van der Waals surface area contributed by atoms with Crippen molar-refractivity contribution in [1.29, 1.82) is 0 Å². The lowest BCUT2D eigenvalue weighted by Crippen LogP contribution is -2.41. The Morgan fingerprint density at radius 2 is 0.491 bits per heavy atom. The molecule has 4 aromatic heterocycles. The second-order valence-corrected chi connectivity index (χ2v) is 29.0. The molecule has 0 spiro atoms. The first-order valence-corrected chi connectivity index (χ1v) is 37.1. The lowest BCUT2D eigenvalue weighted by molar-refractivity contribution is 0.00578. The summed E-state index contributed by atoms with van der Waals surface area (Å²) in [6.45, 7) is 8.07.